The highest BCUT2D eigenvalue weighted by Gasteiger charge is 2.27. The Labute approximate surface area is 90.9 Å². The van der Waals surface area contributed by atoms with E-state index in [0.29, 0.717) is 18.1 Å². The van der Waals surface area contributed by atoms with Crippen LogP contribution in [0.4, 0.5) is 0 Å². The molecule has 15 heavy (non-hydrogen) atoms. The summed E-state index contributed by atoms with van der Waals surface area (Å²) in [5.74, 6) is 0.00510. The van der Waals surface area contributed by atoms with Crippen molar-refractivity contribution in [2.24, 2.45) is 17.8 Å². The van der Waals surface area contributed by atoms with Crippen LogP contribution in [0.25, 0.3) is 0 Å². The number of hydrogen-bond acceptors (Lipinski definition) is 2. The minimum Gasteiger partial charge on any atom is -0.481 e. The molecule has 0 atom stereocenters. The Morgan fingerprint density at radius 2 is 1.73 bits per heavy atom. The molecule has 1 aliphatic rings. The van der Waals surface area contributed by atoms with Crippen molar-refractivity contribution >= 4 is 11.8 Å². The second-order valence-electron chi connectivity index (χ2n) is 4.88. The van der Waals surface area contributed by atoms with Gasteiger partial charge in [0.1, 0.15) is 5.78 Å². The summed E-state index contributed by atoms with van der Waals surface area (Å²) in [5.41, 5.74) is 0. The molecule has 1 saturated carbocycles. The Hall–Kier alpha value is -0.860. The van der Waals surface area contributed by atoms with E-state index in [1.807, 2.05) is 13.8 Å². The average molecular weight is 212 g/mol. The Morgan fingerprint density at radius 1 is 1.20 bits per heavy atom. The van der Waals surface area contributed by atoms with E-state index in [2.05, 4.69) is 0 Å². The SMILES string of the molecule is CC(C)C(=O)CC1CCC(C(=O)O)CC1. The lowest BCUT2D eigenvalue weighted by Gasteiger charge is -2.25. The molecule has 0 aromatic carbocycles. The fourth-order valence-electron chi connectivity index (χ4n) is 2.13. The van der Waals surface area contributed by atoms with E-state index < -0.39 is 5.97 Å². The number of rotatable bonds is 4. The molecule has 1 aliphatic carbocycles. The van der Waals surface area contributed by atoms with Crippen LogP contribution in [0.15, 0.2) is 0 Å². The van der Waals surface area contributed by atoms with Crippen molar-refractivity contribution in [3.05, 3.63) is 0 Å². The third kappa shape index (κ3) is 3.65. The molecule has 1 fully saturated rings. The molecule has 0 aromatic heterocycles. The van der Waals surface area contributed by atoms with Crippen molar-refractivity contribution in [1.29, 1.82) is 0 Å². The van der Waals surface area contributed by atoms with Gasteiger partial charge in [-0.2, -0.15) is 0 Å². The van der Waals surface area contributed by atoms with Crippen LogP contribution >= 0.6 is 0 Å². The quantitative estimate of drug-likeness (QED) is 0.779. The molecule has 0 aliphatic heterocycles. The summed E-state index contributed by atoms with van der Waals surface area (Å²) in [5, 5.41) is 8.83. The van der Waals surface area contributed by atoms with Gasteiger partial charge >= 0.3 is 5.97 Å². The van der Waals surface area contributed by atoms with Crippen LogP contribution in [0.3, 0.4) is 0 Å². The van der Waals surface area contributed by atoms with Crippen LogP contribution in [-0.2, 0) is 9.59 Å². The molecule has 0 bridgehead atoms. The van der Waals surface area contributed by atoms with Gasteiger partial charge in [0.2, 0.25) is 0 Å². The molecular weight excluding hydrogens is 192 g/mol. The van der Waals surface area contributed by atoms with E-state index in [-0.39, 0.29) is 11.8 Å². The van der Waals surface area contributed by atoms with Crippen LogP contribution in [-0.4, -0.2) is 16.9 Å². The van der Waals surface area contributed by atoms with E-state index in [4.69, 9.17) is 5.11 Å². The van der Waals surface area contributed by atoms with Crippen molar-refractivity contribution in [2.45, 2.75) is 46.0 Å². The zero-order valence-corrected chi connectivity index (χ0v) is 9.53. The van der Waals surface area contributed by atoms with Crippen molar-refractivity contribution in [1.82, 2.24) is 0 Å². The largest absolute Gasteiger partial charge is 0.481 e. The summed E-state index contributed by atoms with van der Waals surface area (Å²) < 4.78 is 0. The molecule has 0 aromatic rings. The average Bonchev–Trinajstić information content (AvgIpc) is 2.18. The standard InChI is InChI=1S/C12H20O3/c1-8(2)11(13)7-9-3-5-10(6-4-9)12(14)15/h8-10H,3-7H2,1-2H3,(H,14,15). The number of Topliss-reactive ketones (excluding diaryl/α,β-unsaturated/α-hetero) is 1. The van der Waals surface area contributed by atoms with Crippen LogP contribution < -0.4 is 0 Å². The second-order valence-corrected chi connectivity index (χ2v) is 4.88. The number of carbonyl (C=O) groups excluding carboxylic acids is 1. The topological polar surface area (TPSA) is 54.4 Å². The van der Waals surface area contributed by atoms with Crippen LogP contribution in [0.2, 0.25) is 0 Å². The number of carboxylic acid groups (broad SMARTS) is 1. The predicted octanol–water partition coefficient (Wildman–Crippen LogP) is 2.49. The normalized spacial score (nSPS) is 26.6. The highest BCUT2D eigenvalue weighted by Crippen LogP contribution is 2.31. The molecule has 1 N–H and O–H groups in total. The van der Waals surface area contributed by atoms with Crippen LogP contribution in [0.5, 0.6) is 0 Å². The molecule has 1 rings (SSSR count). The number of hydrogen-bond donors (Lipinski definition) is 1. The van der Waals surface area contributed by atoms with Crippen molar-refractivity contribution in [3.8, 4) is 0 Å². The van der Waals surface area contributed by atoms with Gasteiger partial charge in [-0.15, -0.1) is 0 Å². The first-order valence-electron chi connectivity index (χ1n) is 5.76. The molecule has 3 heteroatoms. The highest BCUT2D eigenvalue weighted by atomic mass is 16.4. The van der Waals surface area contributed by atoms with Crippen LogP contribution in [0, 0.1) is 17.8 Å². The van der Waals surface area contributed by atoms with E-state index in [0.717, 1.165) is 25.7 Å². The second kappa shape index (κ2) is 5.29. The van der Waals surface area contributed by atoms with Crippen molar-refractivity contribution in [2.75, 3.05) is 0 Å². The fraction of sp³-hybridized carbons (Fsp3) is 0.833. The third-order valence-corrected chi connectivity index (χ3v) is 3.33. The molecule has 0 saturated heterocycles. The maximum atomic E-state index is 11.5. The predicted molar refractivity (Wildman–Crippen MR) is 57.5 cm³/mol. The maximum absolute atomic E-state index is 11.5. The van der Waals surface area contributed by atoms with Crippen LogP contribution in [0.1, 0.15) is 46.0 Å². The lowest BCUT2D eigenvalue weighted by atomic mass is 9.79. The van der Waals surface area contributed by atoms with Gasteiger partial charge in [-0.1, -0.05) is 13.8 Å². The first-order chi connectivity index (χ1) is 7.00. The Bertz CT molecular complexity index is 237. The first kappa shape index (κ1) is 12.2. The van der Waals surface area contributed by atoms with Gasteiger partial charge in [0.05, 0.1) is 5.92 Å². The summed E-state index contributed by atoms with van der Waals surface area (Å²) in [6, 6.07) is 0. The number of carboxylic acids is 1. The Balaban J connectivity index is 2.32. The smallest absolute Gasteiger partial charge is 0.306 e. The zero-order chi connectivity index (χ0) is 11.4. The molecule has 0 spiro atoms. The molecule has 86 valence electrons. The molecule has 3 nitrogen and oxygen atoms in total. The third-order valence-electron chi connectivity index (χ3n) is 3.33. The summed E-state index contributed by atoms with van der Waals surface area (Å²) in [6.07, 6.45) is 3.92. The van der Waals surface area contributed by atoms with Gasteiger partial charge in [-0.05, 0) is 31.6 Å². The van der Waals surface area contributed by atoms with Gasteiger partial charge in [-0.3, -0.25) is 9.59 Å². The Morgan fingerprint density at radius 3 is 2.13 bits per heavy atom. The van der Waals surface area contributed by atoms with E-state index in [1.165, 1.54) is 0 Å². The minimum atomic E-state index is -0.677. The van der Waals surface area contributed by atoms with Gasteiger partial charge < -0.3 is 5.11 Å². The lowest BCUT2D eigenvalue weighted by molar-refractivity contribution is -0.143. The number of carbonyl (C=O) groups is 2. The van der Waals surface area contributed by atoms with Crippen molar-refractivity contribution < 1.29 is 14.7 Å². The minimum absolute atomic E-state index is 0.113. The maximum Gasteiger partial charge on any atom is 0.306 e. The van der Waals surface area contributed by atoms with Gasteiger partial charge in [0.15, 0.2) is 0 Å². The van der Waals surface area contributed by atoms with E-state index in [9.17, 15) is 9.59 Å². The highest BCUT2D eigenvalue weighted by molar-refractivity contribution is 5.80. The number of ketones is 1. The molecule has 0 unspecified atom stereocenters. The summed E-state index contributed by atoms with van der Waals surface area (Å²) in [6.45, 7) is 3.84. The lowest BCUT2D eigenvalue weighted by Crippen LogP contribution is -2.23. The molecule has 0 amide bonds. The molecule has 0 radical (unpaired) electrons. The zero-order valence-electron chi connectivity index (χ0n) is 9.53. The summed E-state index contributed by atoms with van der Waals surface area (Å²) >= 11 is 0. The fourth-order valence-corrected chi connectivity index (χ4v) is 2.13. The van der Waals surface area contributed by atoms with Crippen molar-refractivity contribution in [3.63, 3.8) is 0 Å². The van der Waals surface area contributed by atoms with Gasteiger partial charge in [0, 0.05) is 12.3 Å². The van der Waals surface area contributed by atoms with Gasteiger partial charge in [0.25, 0.3) is 0 Å². The van der Waals surface area contributed by atoms with E-state index >= 15 is 0 Å². The summed E-state index contributed by atoms with van der Waals surface area (Å²) in [7, 11) is 0. The molecule has 0 heterocycles. The van der Waals surface area contributed by atoms with Gasteiger partial charge in [-0.25, -0.2) is 0 Å². The van der Waals surface area contributed by atoms with E-state index in [1.54, 1.807) is 0 Å². The Kier molecular flexibility index (Phi) is 4.30. The monoisotopic (exact) mass is 212 g/mol. The number of aliphatic carboxylic acids is 1. The summed E-state index contributed by atoms with van der Waals surface area (Å²) in [4.78, 5) is 22.2. The first-order valence-corrected chi connectivity index (χ1v) is 5.76. The molecular formula is C12H20O3.